The zero-order valence-electron chi connectivity index (χ0n) is 12.7. The first-order valence-electron chi connectivity index (χ1n) is 7.44. The largest absolute Gasteiger partial charge is 0.338 e. The van der Waals surface area contributed by atoms with Crippen molar-refractivity contribution in [3.05, 3.63) is 61.3 Å². The fourth-order valence-electron chi connectivity index (χ4n) is 2.68. The lowest BCUT2D eigenvalue weighted by Crippen LogP contribution is -2.33. The first-order valence-corrected chi connectivity index (χ1v) is 9.75. The van der Waals surface area contributed by atoms with E-state index in [0.29, 0.717) is 23.4 Å². The fraction of sp³-hybridized carbons (Fsp3) is 0.312. The molecule has 126 valence electrons. The Balaban J connectivity index is 1.78. The number of thioether (sulfide) groups is 1. The topological polar surface area (TPSA) is 63.4 Å². The zero-order chi connectivity index (χ0) is 17.1. The minimum absolute atomic E-state index is 0.0621. The monoisotopic (exact) mass is 382 g/mol. The van der Waals surface area contributed by atoms with Crippen LogP contribution >= 0.6 is 34.7 Å². The highest BCUT2D eigenvalue weighted by Gasteiger charge is 2.28. The molecule has 1 fully saturated rings. The first-order chi connectivity index (χ1) is 11.6. The Hall–Kier alpha value is -1.57. The second-order valence-corrected chi connectivity index (χ2v) is 8.10. The Morgan fingerprint density at radius 3 is 2.88 bits per heavy atom. The summed E-state index contributed by atoms with van der Waals surface area (Å²) >= 11 is 9.48. The summed E-state index contributed by atoms with van der Waals surface area (Å²) < 4.78 is 0. The Labute approximate surface area is 152 Å². The molecule has 1 amide bonds. The van der Waals surface area contributed by atoms with Gasteiger partial charge in [-0.15, -0.1) is 11.3 Å². The van der Waals surface area contributed by atoms with Crippen molar-refractivity contribution >= 4 is 46.3 Å². The molecule has 1 aliphatic heterocycles. The van der Waals surface area contributed by atoms with Crippen molar-refractivity contribution in [1.82, 2.24) is 4.90 Å². The average Bonchev–Trinajstić information content (AvgIpc) is 2.98. The molecule has 2 heterocycles. The molecule has 0 aliphatic carbocycles. The highest BCUT2D eigenvalue weighted by atomic mass is 35.5. The number of rotatable bonds is 3. The third kappa shape index (κ3) is 3.74. The lowest BCUT2D eigenvalue weighted by Gasteiger charge is -2.20. The van der Waals surface area contributed by atoms with Crippen molar-refractivity contribution < 1.29 is 9.72 Å². The molecule has 5 nitrogen and oxygen atoms in total. The maximum atomic E-state index is 12.8. The van der Waals surface area contributed by atoms with Gasteiger partial charge >= 0.3 is 0 Å². The third-order valence-electron chi connectivity index (χ3n) is 3.87. The van der Waals surface area contributed by atoms with Crippen molar-refractivity contribution in [2.75, 3.05) is 18.8 Å². The predicted octanol–water partition coefficient (Wildman–Crippen LogP) is 4.63. The quantitative estimate of drug-likeness (QED) is 0.573. The lowest BCUT2D eigenvalue weighted by atomic mass is 10.1. The van der Waals surface area contributed by atoms with Gasteiger partial charge < -0.3 is 4.90 Å². The molecule has 0 N–H and O–H groups in total. The van der Waals surface area contributed by atoms with E-state index in [1.807, 2.05) is 17.8 Å². The number of carbonyl (C=O) groups excluding carboxylic acids is 1. The Morgan fingerprint density at radius 2 is 2.17 bits per heavy atom. The number of carbonyl (C=O) groups is 1. The average molecular weight is 383 g/mol. The van der Waals surface area contributed by atoms with Crippen molar-refractivity contribution in [2.24, 2.45) is 0 Å². The Bertz CT molecular complexity index is 752. The van der Waals surface area contributed by atoms with Crippen molar-refractivity contribution in [3.8, 4) is 0 Å². The second-order valence-electron chi connectivity index (χ2n) is 5.37. The maximum Gasteiger partial charge on any atom is 0.282 e. The molecular weight excluding hydrogens is 368 g/mol. The van der Waals surface area contributed by atoms with Gasteiger partial charge in [0, 0.05) is 40.1 Å². The van der Waals surface area contributed by atoms with E-state index < -0.39 is 4.92 Å². The highest BCUT2D eigenvalue weighted by Crippen LogP contribution is 2.37. The van der Waals surface area contributed by atoms with Gasteiger partial charge in [0.15, 0.2) is 0 Å². The van der Waals surface area contributed by atoms with Gasteiger partial charge in [-0.1, -0.05) is 17.7 Å². The molecule has 0 saturated carbocycles. The summed E-state index contributed by atoms with van der Waals surface area (Å²) in [4.78, 5) is 26.4. The van der Waals surface area contributed by atoms with E-state index in [4.69, 9.17) is 11.6 Å². The molecule has 0 radical (unpaired) electrons. The zero-order valence-corrected chi connectivity index (χ0v) is 15.1. The first kappa shape index (κ1) is 17.3. The van der Waals surface area contributed by atoms with Crippen LogP contribution in [-0.2, 0) is 0 Å². The molecule has 1 aromatic carbocycles. The van der Waals surface area contributed by atoms with E-state index >= 15 is 0 Å². The smallest absolute Gasteiger partial charge is 0.282 e. The van der Waals surface area contributed by atoms with Crippen LogP contribution in [0.2, 0.25) is 5.02 Å². The van der Waals surface area contributed by atoms with E-state index in [1.165, 1.54) is 23.1 Å². The number of hydrogen-bond donors (Lipinski definition) is 0. The van der Waals surface area contributed by atoms with E-state index in [0.717, 1.165) is 12.2 Å². The van der Waals surface area contributed by atoms with Gasteiger partial charge in [-0.25, -0.2) is 0 Å². The van der Waals surface area contributed by atoms with E-state index in [9.17, 15) is 14.9 Å². The standard InChI is InChI=1S/C16H15ClN2O3S2/c17-11-3-4-13(19(21)22)12(10-11)16(20)18-6-5-15(24-9-7-18)14-2-1-8-23-14/h1-4,8,10,15H,5-7,9H2. The molecule has 0 bridgehead atoms. The Morgan fingerprint density at radius 1 is 1.33 bits per heavy atom. The normalized spacial score (nSPS) is 18.2. The van der Waals surface area contributed by atoms with Crippen LogP contribution in [0.5, 0.6) is 0 Å². The number of hydrogen-bond acceptors (Lipinski definition) is 5. The molecule has 0 spiro atoms. The van der Waals surface area contributed by atoms with Crippen molar-refractivity contribution in [1.29, 1.82) is 0 Å². The molecule has 1 unspecified atom stereocenters. The minimum Gasteiger partial charge on any atom is -0.338 e. The summed E-state index contributed by atoms with van der Waals surface area (Å²) in [7, 11) is 0. The summed E-state index contributed by atoms with van der Waals surface area (Å²) in [6.45, 7) is 1.16. The third-order valence-corrected chi connectivity index (χ3v) is 6.56. The highest BCUT2D eigenvalue weighted by molar-refractivity contribution is 7.99. The number of nitrogens with zero attached hydrogens (tertiary/aromatic N) is 2. The number of benzene rings is 1. The minimum atomic E-state index is -0.537. The van der Waals surface area contributed by atoms with Crippen LogP contribution in [0, 0.1) is 10.1 Å². The van der Waals surface area contributed by atoms with Gasteiger partial charge in [-0.05, 0) is 30.0 Å². The maximum absolute atomic E-state index is 12.8. The molecule has 1 aromatic heterocycles. The van der Waals surface area contributed by atoms with Gasteiger partial charge in [-0.2, -0.15) is 11.8 Å². The number of amides is 1. The summed E-state index contributed by atoms with van der Waals surface area (Å²) in [6, 6.07) is 8.25. The second kappa shape index (κ2) is 7.55. The SMILES string of the molecule is O=C(c1cc(Cl)ccc1[N+](=O)[O-])N1CCSC(c2cccs2)CC1. The van der Waals surface area contributed by atoms with Gasteiger partial charge in [-0.3, -0.25) is 14.9 Å². The lowest BCUT2D eigenvalue weighted by molar-refractivity contribution is -0.385. The molecule has 8 heteroatoms. The number of nitro groups is 1. The summed E-state index contributed by atoms with van der Waals surface area (Å²) in [5.41, 5.74) is -0.136. The van der Waals surface area contributed by atoms with Crippen LogP contribution in [0.4, 0.5) is 5.69 Å². The van der Waals surface area contributed by atoms with Gasteiger partial charge in [0.25, 0.3) is 11.6 Å². The number of halogens is 1. The van der Waals surface area contributed by atoms with Crippen LogP contribution in [0.25, 0.3) is 0 Å². The van der Waals surface area contributed by atoms with Gasteiger partial charge in [0.1, 0.15) is 5.56 Å². The predicted molar refractivity (Wildman–Crippen MR) is 98.1 cm³/mol. The van der Waals surface area contributed by atoms with Gasteiger partial charge in [0.2, 0.25) is 0 Å². The molecule has 3 rings (SSSR count). The van der Waals surface area contributed by atoms with Crippen LogP contribution < -0.4 is 0 Å². The fourth-order valence-corrected chi connectivity index (χ4v) is 5.09. The summed E-state index contributed by atoms with van der Waals surface area (Å²) in [5, 5.41) is 13.9. The summed E-state index contributed by atoms with van der Waals surface area (Å²) in [5.74, 6) is 0.486. The summed E-state index contributed by atoms with van der Waals surface area (Å²) in [6.07, 6.45) is 0.839. The van der Waals surface area contributed by atoms with E-state index in [-0.39, 0.29) is 17.2 Å². The number of nitro benzene ring substituents is 1. The molecular formula is C16H15ClN2O3S2. The van der Waals surface area contributed by atoms with Crippen molar-refractivity contribution in [3.63, 3.8) is 0 Å². The molecule has 1 aliphatic rings. The van der Waals surface area contributed by atoms with E-state index in [2.05, 4.69) is 11.4 Å². The van der Waals surface area contributed by atoms with Crippen molar-refractivity contribution in [2.45, 2.75) is 11.7 Å². The van der Waals surface area contributed by atoms with Crippen LogP contribution in [0.3, 0.4) is 0 Å². The van der Waals surface area contributed by atoms with Crippen LogP contribution in [-0.4, -0.2) is 34.6 Å². The van der Waals surface area contributed by atoms with E-state index in [1.54, 1.807) is 16.2 Å². The van der Waals surface area contributed by atoms with Crippen LogP contribution in [0.15, 0.2) is 35.7 Å². The van der Waals surface area contributed by atoms with Crippen LogP contribution in [0.1, 0.15) is 26.9 Å². The molecule has 2 aromatic rings. The molecule has 24 heavy (non-hydrogen) atoms. The Kier molecular flexibility index (Phi) is 5.43. The molecule has 1 saturated heterocycles. The van der Waals surface area contributed by atoms with Gasteiger partial charge in [0.05, 0.1) is 4.92 Å². The molecule has 1 atom stereocenters. The number of thiophene rings is 1.